The molecule has 2 heterocycles. The Balaban J connectivity index is 0.00000300. The Bertz CT molecular complexity index is 793. The number of halogens is 1. The normalized spacial score (nSPS) is 16.6. The van der Waals surface area contributed by atoms with E-state index < -0.39 is 0 Å². The fourth-order valence-corrected chi connectivity index (χ4v) is 4.24. The van der Waals surface area contributed by atoms with Gasteiger partial charge in [0, 0.05) is 48.3 Å². The Hall–Kier alpha value is -1.61. The van der Waals surface area contributed by atoms with Gasteiger partial charge in [0.05, 0.1) is 6.54 Å². The number of carbonyl (C=O) groups excluding carboxylic acids is 1. The van der Waals surface area contributed by atoms with Crippen molar-refractivity contribution in [1.29, 1.82) is 0 Å². The molecule has 1 saturated heterocycles. The molecule has 1 fully saturated rings. The number of rotatable bonds is 8. The highest BCUT2D eigenvalue weighted by atomic mass is 127. The van der Waals surface area contributed by atoms with E-state index in [0.717, 1.165) is 38.6 Å². The van der Waals surface area contributed by atoms with Gasteiger partial charge in [0.25, 0.3) is 0 Å². The van der Waals surface area contributed by atoms with E-state index in [1.165, 1.54) is 15.3 Å². The van der Waals surface area contributed by atoms with Crippen LogP contribution in [0.15, 0.2) is 47.5 Å². The fourth-order valence-electron chi connectivity index (χ4n) is 3.43. The number of guanidine groups is 1. The maximum atomic E-state index is 12.3. The van der Waals surface area contributed by atoms with Crippen LogP contribution in [0.2, 0.25) is 0 Å². The molecule has 7 heteroatoms. The lowest BCUT2D eigenvalue weighted by atomic mass is 10.1. The van der Waals surface area contributed by atoms with Crippen LogP contribution < -0.4 is 10.6 Å². The number of aliphatic imine (C=N–C) groups is 1. The molecule has 158 valence electrons. The quantitative estimate of drug-likeness (QED) is 0.313. The summed E-state index contributed by atoms with van der Waals surface area (Å²) in [4.78, 5) is 21.6. The number of amides is 1. The molecule has 0 spiro atoms. The molecular formula is C22H31IN4OS. The van der Waals surface area contributed by atoms with Crippen molar-refractivity contribution >= 4 is 47.2 Å². The molecule has 2 N–H and O–H groups in total. The summed E-state index contributed by atoms with van der Waals surface area (Å²) in [6, 6.07) is 14.6. The van der Waals surface area contributed by atoms with Gasteiger partial charge >= 0.3 is 0 Å². The maximum Gasteiger partial charge on any atom is 0.223 e. The molecule has 1 amide bonds. The second kappa shape index (κ2) is 12.2. The number of nitrogens with one attached hydrogen (secondary N) is 2. The van der Waals surface area contributed by atoms with Gasteiger partial charge in [0.1, 0.15) is 0 Å². The predicted octanol–water partition coefficient (Wildman–Crippen LogP) is 3.82. The van der Waals surface area contributed by atoms with Gasteiger partial charge in [0.15, 0.2) is 5.96 Å². The molecule has 0 saturated carbocycles. The molecule has 1 aromatic carbocycles. The molecular weight excluding hydrogens is 495 g/mol. The van der Waals surface area contributed by atoms with Crippen LogP contribution in [0.4, 0.5) is 0 Å². The second-order valence-electron chi connectivity index (χ2n) is 7.23. The highest BCUT2D eigenvalue weighted by molar-refractivity contribution is 14.0. The summed E-state index contributed by atoms with van der Waals surface area (Å²) >= 11 is 1.78. The molecule has 1 aromatic heterocycles. The lowest BCUT2D eigenvalue weighted by molar-refractivity contribution is -0.127. The first kappa shape index (κ1) is 23.7. The van der Waals surface area contributed by atoms with E-state index in [9.17, 15) is 4.79 Å². The van der Waals surface area contributed by atoms with Crippen molar-refractivity contribution in [3.05, 3.63) is 57.8 Å². The number of thiophene rings is 1. The van der Waals surface area contributed by atoms with Crippen LogP contribution in [0.3, 0.4) is 0 Å². The molecule has 2 aromatic rings. The number of hydrogen-bond donors (Lipinski definition) is 2. The summed E-state index contributed by atoms with van der Waals surface area (Å²) in [5.41, 5.74) is 1.28. The SMILES string of the molecule is CCNC(=NCc1ccc(C)s1)NCC1CC(=O)N(CCc2ccccc2)C1.I. The number of aryl methyl sites for hydroxylation is 1. The van der Waals surface area contributed by atoms with Gasteiger partial charge in [0.2, 0.25) is 5.91 Å². The topological polar surface area (TPSA) is 56.7 Å². The second-order valence-corrected chi connectivity index (χ2v) is 8.61. The molecule has 0 aliphatic carbocycles. The molecule has 0 bridgehead atoms. The van der Waals surface area contributed by atoms with E-state index in [2.05, 4.69) is 53.7 Å². The van der Waals surface area contributed by atoms with Crippen molar-refractivity contribution in [2.75, 3.05) is 26.2 Å². The minimum Gasteiger partial charge on any atom is -0.357 e. The van der Waals surface area contributed by atoms with E-state index in [0.29, 0.717) is 18.9 Å². The first-order chi connectivity index (χ1) is 13.6. The van der Waals surface area contributed by atoms with Gasteiger partial charge in [-0.05, 0) is 38.0 Å². The molecule has 29 heavy (non-hydrogen) atoms. The van der Waals surface area contributed by atoms with Crippen molar-refractivity contribution in [2.45, 2.75) is 33.2 Å². The third kappa shape index (κ3) is 7.62. The van der Waals surface area contributed by atoms with Crippen LogP contribution in [0.25, 0.3) is 0 Å². The van der Waals surface area contributed by atoms with Crippen LogP contribution in [0, 0.1) is 12.8 Å². The van der Waals surface area contributed by atoms with E-state index >= 15 is 0 Å². The third-order valence-corrected chi connectivity index (χ3v) is 5.88. The van der Waals surface area contributed by atoms with Gasteiger partial charge in [-0.1, -0.05) is 30.3 Å². The lowest BCUT2D eigenvalue weighted by Gasteiger charge is -2.18. The van der Waals surface area contributed by atoms with Crippen LogP contribution in [0.5, 0.6) is 0 Å². The number of carbonyl (C=O) groups is 1. The monoisotopic (exact) mass is 526 g/mol. The Morgan fingerprint density at radius 2 is 2.00 bits per heavy atom. The first-order valence-electron chi connectivity index (χ1n) is 10.0. The van der Waals surface area contributed by atoms with E-state index in [1.807, 2.05) is 23.1 Å². The molecule has 1 atom stereocenters. The smallest absolute Gasteiger partial charge is 0.223 e. The zero-order valence-corrected chi connectivity index (χ0v) is 20.3. The largest absolute Gasteiger partial charge is 0.357 e. The maximum absolute atomic E-state index is 12.3. The number of benzene rings is 1. The third-order valence-electron chi connectivity index (χ3n) is 4.90. The first-order valence-corrected chi connectivity index (χ1v) is 10.8. The highest BCUT2D eigenvalue weighted by Crippen LogP contribution is 2.18. The molecule has 1 unspecified atom stereocenters. The minimum atomic E-state index is 0. The van der Waals surface area contributed by atoms with Crippen LogP contribution in [0.1, 0.15) is 28.7 Å². The van der Waals surface area contributed by atoms with Crippen molar-refractivity contribution in [3.8, 4) is 0 Å². The summed E-state index contributed by atoms with van der Waals surface area (Å²) in [6.07, 6.45) is 1.53. The Morgan fingerprint density at radius 3 is 2.69 bits per heavy atom. The predicted molar refractivity (Wildman–Crippen MR) is 132 cm³/mol. The number of hydrogen-bond acceptors (Lipinski definition) is 3. The van der Waals surface area contributed by atoms with Gasteiger partial charge in [-0.2, -0.15) is 0 Å². The van der Waals surface area contributed by atoms with Crippen LogP contribution in [-0.4, -0.2) is 42.9 Å². The zero-order chi connectivity index (χ0) is 19.8. The summed E-state index contributed by atoms with van der Waals surface area (Å²) in [5, 5.41) is 6.72. The molecule has 1 aliphatic rings. The van der Waals surface area contributed by atoms with E-state index in [1.54, 1.807) is 11.3 Å². The summed E-state index contributed by atoms with van der Waals surface area (Å²) in [5.74, 6) is 1.42. The van der Waals surface area contributed by atoms with Gasteiger partial charge < -0.3 is 15.5 Å². The summed E-state index contributed by atoms with van der Waals surface area (Å²) in [7, 11) is 0. The molecule has 5 nitrogen and oxygen atoms in total. The van der Waals surface area contributed by atoms with Gasteiger partial charge in [-0.25, -0.2) is 4.99 Å². The average Bonchev–Trinajstić information content (AvgIpc) is 3.28. The lowest BCUT2D eigenvalue weighted by Crippen LogP contribution is -2.40. The molecule has 0 radical (unpaired) electrons. The Kier molecular flexibility index (Phi) is 9.93. The molecule has 1 aliphatic heterocycles. The van der Waals surface area contributed by atoms with Crippen molar-refractivity contribution in [1.82, 2.24) is 15.5 Å². The Labute approximate surface area is 195 Å². The van der Waals surface area contributed by atoms with Crippen molar-refractivity contribution in [3.63, 3.8) is 0 Å². The van der Waals surface area contributed by atoms with Crippen LogP contribution >= 0.6 is 35.3 Å². The van der Waals surface area contributed by atoms with Crippen LogP contribution in [-0.2, 0) is 17.8 Å². The molecule has 3 rings (SSSR count). The zero-order valence-electron chi connectivity index (χ0n) is 17.2. The standard InChI is InChI=1S/C22H30N4OS.HI/c1-3-23-22(25-15-20-10-9-17(2)28-20)24-14-19-13-21(27)26(16-19)12-11-18-7-5-4-6-8-18;/h4-10,19H,3,11-16H2,1-2H3,(H2,23,24,25);1H. The summed E-state index contributed by atoms with van der Waals surface area (Å²) < 4.78 is 0. The van der Waals surface area contributed by atoms with E-state index in [-0.39, 0.29) is 29.9 Å². The van der Waals surface area contributed by atoms with Gasteiger partial charge in [-0.3, -0.25) is 4.79 Å². The highest BCUT2D eigenvalue weighted by Gasteiger charge is 2.29. The van der Waals surface area contributed by atoms with Crippen molar-refractivity contribution < 1.29 is 4.79 Å². The van der Waals surface area contributed by atoms with E-state index in [4.69, 9.17) is 0 Å². The minimum absolute atomic E-state index is 0. The fraction of sp³-hybridized carbons (Fsp3) is 0.455. The Morgan fingerprint density at radius 1 is 1.21 bits per heavy atom. The summed E-state index contributed by atoms with van der Waals surface area (Å²) in [6.45, 7) is 8.07. The van der Waals surface area contributed by atoms with Crippen molar-refractivity contribution in [2.24, 2.45) is 10.9 Å². The number of nitrogens with zero attached hydrogens (tertiary/aromatic N) is 2. The number of likely N-dealkylation sites (tertiary alicyclic amines) is 1. The van der Waals surface area contributed by atoms with Gasteiger partial charge in [-0.15, -0.1) is 35.3 Å². The average molecular weight is 526 g/mol.